The van der Waals surface area contributed by atoms with E-state index < -0.39 is 0 Å². The minimum Gasteiger partial charge on any atom is -0.317 e. The summed E-state index contributed by atoms with van der Waals surface area (Å²) in [6, 6.07) is 0.809. The molecule has 1 heterocycles. The summed E-state index contributed by atoms with van der Waals surface area (Å²) in [6.07, 6.45) is 7.16. The first-order valence-corrected chi connectivity index (χ1v) is 5.60. The third-order valence-corrected chi connectivity index (χ3v) is 4.16. The van der Waals surface area contributed by atoms with Crippen LogP contribution >= 0.6 is 0 Å². The van der Waals surface area contributed by atoms with Gasteiger partial charge in [0.1, 0.15) is 0 Å². The molecule has 0 aromatic rings. The molecule has 2 aliphatic rings. The summed E-state index contributed by atoms with van der Waals surface area (Å²) in [4.78, 5) is 2.47. The van der Waals surface area contributed by atoms with E-state index in [2.05, 4.69) is 24.3 Å². The number of likely N-dealkylation sites (tertiary alicyclic amines) is 1. The normalized spacial score (nSPS) is 34.2. The van der Waals surface area contributed by atoms with Gasteiger partial charge in [0.15, 0.2) is 0 Å². The Labute approximate surface area is 81.7 Å². The minimum absolute atomic E-state index is 0.722. The number of nitrogens with zero attached hydrogens (tertiary/aromatic N) is 1. The summed E-state index contributed by atoms with van der Waals surface area (Å²) in [6.45, 7) is 2.63. The SMILES string of the molecule is CNC1CCC2(CCN(C)CC2)C1. The molecule has 0 aromatic carbocycles. The Bertz CT molecular complexity index is 171. The van der Waals surface area contributed by atoms with E-state index in [0.29, 0.717) is 0 Å². The zero-order valence-corrected chi connectivity index (χ0v) is 8.97. The Kier molecular flexibility index (Phi) is 2.61. The van der Waals surface area contributed by atoms with Gasteiger partial charge in [-0.2, -0.15) is 0 Å². The monoisotopic (exact) mass is 182 g/mol. The maximum Gasteiger partial charge on any atom is 0.00695 e. The van der Waals surface area contributed by atoms with Gasteiger partial charge in [0.25, 0.3) is 0 Å². The Morgan fingerprint density at radius 2 is 1.92 bits per heavy atom. The van der Waals surface area contributed by atoms with E-state index in [4.69, 9.17) is 0 Å². The van der Waals surface area contributed by atoms with Crippen molar-refractivity contribution in [3.05, 3.63) is 0 Å². The molecule has 2 fully saturated rings. The van der Waals surface area contributed by atoms with Gasteiger partial charge >= 0.3 is 0 Å². The summed E-state index contributed by atoms with van der Waals surface area (Å²) in [5.41, 5.74) is 0.722. The second-order valence-electron chi connectivity index (χ2n) is 5.03. The molecule has 2 heteroatoms. The van der Waals surface area contributed by atoms with E-state index in [1.54, 1.807) is 0 Å². The quantitative estimate of drug-likeness (QED) is 0.660. The van der Waals surface area contributed by atoms with Gasteiger partial charge in [-0.25, -0.2) is 0 Å². The highest BCUT2D eigenvalue weighted by molar-refractivity contribution is 4.94. The van der Waals surface area contributed by atoms with E-state index in [1.807, 2.05) is 0 Å². The van der Waals surface area contributed by atoms with Crippen molar-refractivity contribution in [2.75, 3.05) is 27.2 Å². The van der Waals surface area contributed by atoms with Gasteiger partial charge in [0, 0.05) is 6.04 Å². The molecule has 1 spiro atoms. The molecule has 2 rings (SSSR count). The molecule has 1 aliphatic heterocycles. The summed E-state index contributed by atoms with van der Waals surface area (Å²) >= 11 is 0. The third kappa shape index (κ3) is 1.89. The van der Waals surface area contributed by atoms with Gasteiger partial charge < -0.3 is 10.2 Å². The minimum atomic E-state index is 0.722. The van der Waals surface area contributed by atoms with Gasteiger partial charge in [0.2, 0.25) is 0 Å². The molecule has 1 aliphatic carbocycles. The largest absolute Gasteiger partial charge is 0.317 e. The van der Waals surface area contributed by atoms with Crippen molar-refractivity contribution in [1.29, 1.82) is 0 Å². The van der Waals surface area contributed by atoms with Crippen molar-refractivity contribution in [2.45, 2.75) is 38.1 Å². The van der Waals surface area contributed by atoms with Crippen LogP contribution in [0.4, 0.5) is 0 Å². The Morgan fingerprint density at radius 1 is 1.23 bits per heavy atom. The highest BCUT2D eigenvalue weighted by atomic mass is 15.1. The van der Waals surface area contributed by atoms with Crippen molar-refractivity contribution in [3.8, 4) is 0 Å². The van der Waals surface area contributed by atoms with Crippen LogP contribution in [0.2, 0.25) is 0 Å². The van der Waals surface area contributed by atoms with Crippen LogP contribution in [0.25, 0.3) is 0 Å². The maximum atomic E-state index is 3.43. The van der Waals surface area contributed by atoms with Gasteiger partial charge in [-0.3, -0.25) is 0 Å². The Balaban J connectivity index is 1.92. The van der Waals surface area contributed by atoms with E-state index in [-0.39, 0.29) is 0 Å². The molecular weight excluding hydrogens is 160 g/mol. The summed E-state index contributed by atoms with van der Waals surface area (Å²) < 4.78 is 0. The van der Waals surface area contributed by atoms with Crippen LogP contribution < -0.4 is 5.32 Å². The van der Waals surface area contributed by atoms with Crippen molar-refractivity contribution in [3.63, 3.8) is 0 Å². The van der Waals surface area contributed by atoms with Crippen molar-refractivity contribution < 1.29 is 0 Å². The standard InChI is InChI=1S/C11H22N2/c1-12-10-3-4-11(9-10)5-7-13(2)8-6-11/h10,12H,3-9H2,1-2H3. The zero-order chi connectivity index (χ0) is 9.31. The number of rotatable bonds is 1. The lowest BCUT2D eigenvalue weighted by Crippen LogP contribution is -2.37. The molecule has 1 saturated carbocycles. The van der Waals surface area contributed by atoms with Gasteiger partial charge in [-0.05, 0) is 64.7 Å². The first kappa shape index (κ1) is 9.47. The molecule has 0 aromatic heterocycles. The van der Waals surface area contributed by atoms with Crippen molar-refractivity contribution >= 4 is 0 Å². The van der Waals surface area contributed by atoms with Crippen LogP contribution in [0.5, 0.6) is 0 Å². The average molecular weight is 182 g/mol. The lowest BCUT2D eigenvalue weighted by Gasteiger charge is -2.38. The predicted molar refractivity (Wildman–Crippen MR) is 55.9 cm³/mol. The lowest BCUT2D eigenvalue weighted by molar-refractivity contribution is 0.125. The van der Waals surface area contributed by atoms with Gasteiger partial charge in [-0.1, -0.05) is 0 Å². The fourth-order valence-electron chi connectivity index (χ4n) is 3.00. The van der Waals surface area contributed by atoms with E-state index in [1.165, 1.54) is 45.2 Å². The maximum absolute atomic E-state index is 3.43. The predicted octanol–water partition coefficient (Wildman–Crippen LogP) is 1.47. The number of piperidine rings is 1. The molecule has 76 valence electrons. The van der Waals surface area contributed by atoms with E-state index >= 15 is 0 Å². The highest BCUT2D eigenvalue weighted by Crippen LogP contribution is 2.45. The molecule has 1 saturated heterocycles. The number of hydrogen-bond acceptors (Lipinski definition) is 2. The molecule has 0 bridgehead atoms. The molecular formula is C11H22N2. The molecule has 1 N–H and O–H groups in total. The Morgan fingerprint density at radius 3 is 2.46 bits per heavy atom. The topological polar surface area (TPSA) is 15.3 Å². The molecule has 0 radical (unpaired) electrons. The summed E-state index contributed by atoms with van der Waals surface area (Å²) in [5.74, 6) is 0. The smallest absolute Gasteiger partial charge is 0.00695 e. The van der Waals surface area contributed by atoms with Crippen LogP contribution in [0.1, 0.15) is 32.1 Å². The van der Waals surface area contributed by atoms with Crippen LogP contribution in [0.15, 0.2) is 0 Å². The Hall–Kier alpha value is -0.0800. The second kappa shape index (κ2) is 3.58. The zero-order valence-electron chi connectivity index (χ0n) is 8.97. The van der Waals surface area contributed by atoms with Crippen LogP contribution in [-0.2, 0) is 0 Å². The summed E-state index contributed by atoms with van der Waals surface area (Å²) in [7, 11) is 4.36. The third-order valence-electron chi connectivity index (χ3n) is 4.16. The van der Waals surface area contributed by atoms with Gasteiger partial charge in [-0.15, -0.1) is 0 Å². The van der Waals surface area contributed by atoms with Crippen LogP contribution in [0.3, 0.4) is 0 Å². The van der Waals surface area contributed by atoms with Gasteiger partial charge in [0.05, 0.1) is 0 Å². The molecule has 1 unspecified atom stereocenters. The van der Waals surface area contributed by atoms with Crippen LogP contribution in [-0.4, -0.2) is 38.1 Å². The number of hydrogen-bond donors (Lipinski definition) is 1. The van der Waals surface area contributed by atoms with E-state index in [9.17, 15) is 0 Å². The van der Waals surface area contributed by atoms with Crippen LogP contribution in [0, 0.1) is 5.41 Å². The summed E-state index contributed by atoms with van der Waals surface area (Å²) in [5, 5.41) is 3.43. The van der Waals surface area contributed by atoms with Crippen molar-refractivity contribution in [2.24, 2.45) is 5.41 Å². The first-order chi connectivity index (χ1) is 6.24. The molecule has 0 amide bonds. The highest BCUT2D eigenvalue weighted by Gasteiger charge is 2.39. The van der Waals surface area contributed by atoms with Crippen molar-refractivity contribution in [1.82, 2.24) is 10.2 Å². The lowest BCUT2D eigenvalue weighted by atomic mass is 9.77. The van der Waals surface area contributed by atoms with E-state index in [0.717, 1.165) is 11.5 Å². The second-order valence-corrected chi connectivity index (χ2v) is 5.03. The molecule has 2 nitrogen and oxygen atoms in total. The average Bonchev–Trinajstić information content (AvgIpc) is 2.55. The fraction of sp³-hybridized carbons (Fsp3) is 1.00. The fourth-order valence-corrected chi connectivity index (χ4v) is 3.00. The number of nitrogens with one attached hydrogen (secondary N) is 1. The molecule has 1 atom stereocenters. The molecule has 13 heavy (non-hydrogen) atoms. The first-order valence-electron chi connectivity index (χ1n) is 5.60.